The number of rotatable bonds is 4. The molecule has 0 fully saturated rings. The molecule has 0 aliphatic heterocycles. The fourth-order valence-corrected chi connectivity index (χ4v) is 2.65. The molecule has 3 nitrogen and oxygen atoms in total. The lowest BCUT2D eigenvalue weighted by molar-refractivity contribution is -0.139. The molecular weight excluding hydrogens is 222 g/mol. The first-order valence-electron chi connectivity index (χ1n) is 5.29. The summed E-state index contributed by atoms with van der Waals surface area (Å²) in [4.78, 5) is 15.5. The maximum atomic E-state index is 11.2. The number of aromatic nitrogens is 1. The molecule has 2 aromatic heterocycles. The number of fused-ring (bicyclic) bond motifs is 1. The summed E-state index contributed by atoms with van der Waals surface area (Å²) in [5.74, 6) is -1.27. The molecule has 0 aromatic carbocycles. The number of hydrogen-bond acceptors (Lipinski definition) is 3. The Morgan fingerprint density at radius 3 is 3.06 bits per heavy atom. The molecule has 2 aromatic rings. The first-order chi connectivity index (χ1) is 7.74. The molecule has 0 spiro atoms. The number of carboxylic acid groups (broad SMARTS) is 1. The Morgan fingerprint density at radius 2 is 2.38 bits per heavy atom. The first kappa shape index (κ1) is 11.1. The van der Waals surface area contributed by atoms with Gasteiger partial charge in [-0.3, -0.25) is 9.78 Å². The van der Waals surface area contributed by atoms with Crippen molar-refractivity contribution in [1.29, 1.82) is 0 Å². The van der Waals surface area contributed by atoms with Crippen LogP contribution in [-0.2, 0) is 4.79 Å². The van der Waals surface area contributed by atoms with Gasteiger partial charge in [-0.05, 0) is 23.9 Å². The molecule has 1 atom stereocenters. The van der Waals surface area contributed by atoms with E-state index in [9.17, 15) is 9.90 Å². The molecular formula is C12H13NO2S. The van der Waals surface area contributed by atoms with Crippen molar-refractivity contribution < 1.29 is 9.90 Å². The minimum atomic E-state index is -0.784. The van der Waals surface area contributed by atoms with Gasteiger partial charge in [-0.2, -0.15) is 0 Å². The minimum Gasteiger partial charge on any atom is -0.481 e. The van der Waals surface area contributed by atoms with Gasteiger partial charge in [0.1, 0.15) is 0 Å². The van der Waals surface area contributed by atoms with Gasteiger partial charge < -0.3 is 5.11 Å². The van der Waals surface area contributed by atoms with Crippen LogP contribution in [0.4, 0.5) is 0 Å². The van der Waals surface area contributed by atoms with Crippen molar-refractivity contribution in [3.05, 3.63) is 29.4 Å². The SMILES string of the molecule is CCCC(C(=O)O)c1nccc2sccc12. The van der Waals surface area contributed by atoms with Crippen LogP contribution in [-0.4, -0.2) is 16.1 Å². The predicted molar refractivity (Wildman–Crippen MR) is 64.9 cm³/mol. The average molecular weight is 235 g/mol. The molecule has 16 heavy (non-hydrogen) atoms. The Labute approximate surface area is 97.8 Å². The van der Waals surface area contributed by atoms with Crippen molar-refractivity contribution in [1.82, 2.24) is 4.98 Å². The number of carbonyl (C=O) groups is 1. The van der Waals surface area contributed by atoms with Gasteiger partial charge in [-0.25, -0.2) is 0 Å². The number of thiophene rings is 1. The molecule has 0 bridgehead atoms. The van der Waals surface area contributed by atoms with Gasteiger partial charge in [0, 0.05) is 16.3 Å². The molecule has 84 valence electrons. The molecule has 0 saturated heterocycles. The zero-order chi connectivity index (χ0) is 11.5. The van der Waals surface area contributed by atoms with Crippen LogP contribution in [0.2, 0.25) is 0 Å². The van der Waals surface area contributed by atoms with Crippen LogP contribution in [0.3, 0.4) is 0 Å². The van der Waals surface area contributed by atoms with E-state index >= 15 is 0 Å². The lowest BCUT2D eigenvalue weighted by Gasteiger charge is -2.11. The number of carboxylic acids is 1. The Kier molecular flexibility index (Phi) is 3.19. The summed E-state index contributed by atoms with van der Waals surface area (Å²) in [7, 11) is 0. The quantitative estimate of drug-likeness (QED) is 0.884. The van der Waals surface area contributed by atoms with Crippen LogP contribution >= 0.6 is 11.3 Å². The van der Waals surface area contributed by atoms with Crippen molar-refractivity contribution in [3.8, 4) is 0 Å². The maximum Gasteiger partial charge on any atom is 0.312 e. The van der Waals surface area contributed by atoms with E-state index in [1.165, 1.54) is 0 Å². The topological polar surface area (TPSA) is 50.2 Å². The van der Waals surface area contributed by atoms with Crippen LogP contribution in [0.25, 0.3) is 10.1 Å². The van der Waals surface area contributed by atoms with E-state index in [-0.39, 0.29) is 0 Å². The molecule has 2 heterocycles. The van der Waals surface area contributed by atoms with E-state index in [2.05, 4.69) is 4.98 Å². The zero-order valence-corrected chi connectivity index (χ0v) is 9.83. The smallest absolute Gasteiger partial charge is 0.312 e. The van der Waals surface area contributed by atoms with Gasteiger partial charge in [0.25, 0.3) is 0 Å². The maximum absolute atomic E-state index is 11.2. The largest absolute Gasteiger partial charge is 0.481 e. The van der Waals surface area contributed by atoms with E-state index < -0.39 is 11.9 Å². The average Bonchev–Trinajstić information content (AvgIpc) is 2.73. The summed E-state index contributed by atoms with van der Waals surface area (Å²) in [6.45, 7) is 1.99. The van der Waals surface area contributed by atoms with Crippen molar-refractivity contribution in [3.63, 3.8) is 0 Å². The molecule has 0 amide bonds. The third-order valence-corrected chi connectivity index (χ3v) is 3.50. The lowest BCUT2D eigenvalue weighted by Crippen LogP contribution is -2.13. The second-order valence-corrected chi connectivity index (χ2v) is 4.66. The van der Waals surface area contributed by atoms with Crippen LogP contribution < -0.4 is 0 Å². The van der Waals surface area contributed by atoms with Crippen molar-refractivity contribution in [2.75, 3.05) is 0 Å². The summed E-state index contributed by atoms with van der Waals surface area (Å²) in [6.07, 6.45) is 3.18. The number of nitrogens with zero attached hydrogens (tertiary/aromatic N) is 1. The van der Waals surface area contributed by atoms with Crippen LogP contribution in [0.1, 0.15) is 31.4 Å². The summed E-state index contributed by atoms with van der Waals surface area (Å²) < 4.78 is 1.10. The molecule has 4 heteroatoms. The van der Waals surface area contributed by atoms with Crippen molar-refractivity contribution >= 4 is 27.4 Å². The van der Waals surface area contributed by atoms with E-state index in [1.54, 1.807) is 17.5 Å². The Hall–Kier alpha value is -1.42. The van der Waals surface area contributed by atoms with Gasteiger partial charge >= 0.3 is 5.97 Å². The molecule has 1 unspecified atom stereocenters. The number of aliphatic carboxylic acids is 1. The highest BCUT2D eigenvalue weighted by Crippen LogP contribution is 2.29. The second-order valence-electron chi connectivity index (χ2n) is 3.71. The van der Waals surface area contributed by atoms with Gasteiger partial charge in [-0.1, -0.05) is 13.3 Å². The highest BCUT2D eigenvalue weighted by Gasteiger charge is 2.22. The monoisotopic (exact) mass is 235 g/mol. The second kappa shape index (κ2) is 4.61. The van der Waals surface area contributed by atoms with Crippen molar-refractivity contribution in [2.45, 2.75) is 25.7 Å². The normalized spacial score (nSPS) is 12.8. The number of pyridine rings is 1. The fraction of sp³-hybridized carbons (Fsp3) is 0.333. The Balaban J connectivity index is 2.51. The van der Waals surface area contributed by atoms with Gasteiger partial charge in [0.15, 0.2) is 0 Å². The van der Waals surface area contributed by atoms with E-state index in [4.69, 9.17) is 0 Å². The predicted octanol–water partition coefficient (Wildman–Crippen LogP) is 3.26. The summed E-state index contributed by atoms with van der Waals surface area (Å²) in [5, 5.41) is 12.2. The van der Waals surface area contributed by atoms with Gasteiger partial charge in [0.2, 0.25) is 0 Å². The molecule has 0 saturated carbocycles. The van der Waals surface area contributed by atoms with Crippen LogP contribution in [0.5, 0.6) is 0 Å². The first-order valence-corrected chi connectivity index (χ1v) is 6.17. The third-order valence-electron chi connectivity index (χ3n) is 2.62. The Bertz CT molecular complexity index is 506. The molecule has 2 rings (SSSR count). The summed E-state index contributed by atoms with van der Waals surface area (Å²) in [6, 6.07) is 3.88. The number of hydrogen-bond donors (Lipinski definition) is 1. The molecule has 0 aliphatic rings. The fourth-order valence-electron chi connectivity index (χ4n) is 1.86. The van der Waals surface area contributed by atoms with E-state index in [0.717, 1.165) is 16.5 Å². The van der Waals surface area contributed by atoms with E-state index in [0.29, 0.717) is 12.1 Å². The Morgan fingerprint density at radius 1 is 1.56 bits per heavy atom. The highest BCUT2D eigenvalue weighted by atomic mass is 32.1. The molecule has 0 radical (unpaired) electrons. The minimum absolute atomic E-state index is 0.483. The van der Waals surface area contributed by atoms with Crippen LogP contribution in [0.15, 0.2) is 23.7 Å². The highest BCUT2D eigenvalue weighted by molar-refractivity contribution is 7.17. The summed E-state index contributed by atoms with van der Waals surface area (Å²) in [5.41, 5.74) is 0.702. The van der Waals surface area contributed by atoms with Crippen LogP contribution in [0, 0.1) is 0 Å². The van der Waals surface area contributed by atoms with Gasteiger partial charge in [-0.15, -0.1) is 11.3 Å². The van der Waals surface area contributed by atoms with Crippen molar-refractivity contribution in [2.24, 2.45) is 0 Å². The summed E-state index contributed by atoms with van der Waals surface area (Å²) >= 11 is 1.62. The zero-order valence-electron chi connectivity index (χ0n) is 9.01. The molecule has 0 aliphatic carbocycles. The molecule has 1 N–H and O–H groups in total. The lowest BCUT2D eigenvalue weighted by atomic mass is 9.97. The standard InChI is InChI=1S/C12H13NO2S/c1-2-3-9(12(14)15)11-8-5-7-16-10(8)4-6-13-11/h4-7,9H,2-3H2,1H3,(H,14,15). The van der Waals surface area contributed by atoms with E-state index in [1.807, 2.05) is 24.4 Å². The van der Waals surface area contributed by atoms with Gasteiger partial charge in [0.05, 0.1) is 11.6 Å². The third kappa shape index (κ3) is 1.93.